The van der Waals surface area contributed by atoms with Gasteiger partial charge < -0.3 is 4.74 Å². The van der Waals surface area contributed by atoms with Gasteiger partial charge in [0, 0.05) is 28.2 Å². The number of nitrogens with zero attached hydrogens (tertiary/aromatic N) is 6. The molecule has 1 aromatic carbocycles. The molecule has 35 heavy (non-hydrogen) atoms. The van der Waals surface area contributed by atoms with Crippen LogP contribution in [0.25, 0.3) is 5.69 Å². The predicted molar refractivity (Wildman–Crippen MR) is 133 cm³/mol. The van der Waals surface area contributed by atoms with Gasteiger partial charge in [-0.15, -0.1) is 0 Å². The van der Waals surface area contributed by atoms with Gasteiger partial charge in [0.1, 0.15) is 28.7 Å². The second-order valence-electron chi connectivity index (χ2n) is 8.33. The minimum Gasteiger partial charge on any atom is -0.482 e. The first-order chi connectivity index (χ1) is 16.9. The Morgan fingerprint density at radius 1 is 1.20 bits per heavy atom. The number of benzene rings is 1. The van der Waals surface area contributed by atoms with Crippen LogP contribution in [0.2, 0.25) is 0 Å². The van der Waals surface area contributed by atoms with Crippen molar-refractivity contribution in [3.8, 4) is 11.4 Å². The number of ether oxygens (including phenoxy) is 1. The van der Waals surface area contributed by atoms with Crippen molar-refractivity contribution in [3.05, 3.63) is 74.8 Å². The van der Waals surface area contributed by atoms with Crippen molar-refractivity contribution in [2.45, 2.75) is 44.8 Å². The summed E-state index contributed by atoms with van der Waals surface area (Å²) in [6.07, 6.45) is 8.23. The summed E-state index contributed by atoms with van der Waals surface area (Å²) in [5, 5.41) is 18.4. The molecule has 1 fully saturated rings. The molecular formula is C23H22Br2FN7O2. The zero-order valence-corrected chi connectivity index (χ0v) is 21.9. The summed E-state index contributed by atoms with van der Waals surface area (Å²) in [5.41, 5.74) is 4.21. The van der Waals surface area contributed by atoms with E-state index in [-0.39, 0.29) is 5.82 Å². The molecule has 3 heterocycles. The van der Waals surface area contributed by atoms with Gasteiger partial charge in [0.05, 0.1) is 17.9 Å². The molecule has 0 amide bonds. The van der Waals surface area contributed by atoms with Crippen molar-refractivity contribution in [2.24, 2.45) is 0 Å². The Labute approximate surface area is 217 Å². The van der Waals surface area contributed by atoms with Crippen LogP contribution in [0.5, 0.6) is 5.75 Å². The molecule has 2 N–H and O–H groups in total. The Morgan fingerprint density at radius 2 is 2.03 bits per heavy atom. The van der Waals surface area contributed by atoms with Crippen molar-refractivity contribution in [1.82, 2.24) is 29.5 Å². The van der Waals surface area contributed by atoms with Gasteiger partial charge in [-0.05, 0) is 82.3 Å². The summed E-state index contributed by atoms with van der Waals surface area (Å²) in [4.78, 5) is 8.54. The molecule has 9 nitrogen and oxygen atoms in total. The maximum atomic E-state index is 14.3. The summed E-state index contributed by atoms with van der Waals surface area (Å²) in [6.45, 7) is 1.79. The van der Waals surface area contributed by atoms with E-state index in [0.29, 0.717) is 39.8 Å². The standard InChI is InChI=1S/C23H22Br2FN7O2/c1-13(35-20-8-15(24)11-27-23(20)31-34)18-9-16(26)5-6-19(18)33-21(28-12-30-33)7-14-10-29-32(22(14)25)17-3-2-4-17/h5-6,8-13,17,34H,2-4,7H2,1H3,(H,27,31). The van der Waals surface area contributed by atoms with Crippen LogP contribution in [0.3, 0.4) is 0 Å². The van der Waals surface area contributed by atoms with Crippen molar-refractivity contribution >= 4 is 37.7 Å². The molecule has 3 aromatic heterocycles. The third-order valence-corrected chi connectivity index (χ3v) is 7.38. The number of rotatable bonds is 8. The van der Waals surface area contributed by atoms with Crippen molar-refractivity contribution < 1.29 is 14.3 Å². The van der Waals surface area contributed by atoms with E-state index in [0.717, 1.165) is 23.0 Å². The first-order valence-electron chi connectivity index (χ1n) is 11.1. The smallest absolute Gasteiger partial charge is 0.192 e. The zero-order valence-electron chi connectivity index (χ0n) is 18.7. The Kier molecular flexibility index (Phi) is 6.85. The number of hydrogen-bond donors (Lipinski definition) is 2. The van der Waals surface area contributed by atoms with E-state index < -0.39 is 11.9 Å². The molecule has 1 saturated carbocycles. The van der Waals surface area contributed by atoms with Crippen LogP contribution in [-0.4, -0.2) is 34.7 Å². The highest BCUT2D eigenvalue weighted by molar-refractivity contribution is 9.10. The first kappa shape index (κ1) is 23.9. The van der Waals surface area contributed by atoms with Gasteiger partial charge >= 0.3 is 0 Å². The number of halogens is 3. The Hall–Kier alpha value is -2.83. The van der Waals surface area contributed by atoms with Gasteiger partial charge in [-0.3, -0.25) is 9.89 Å². The van der Waals surface area contributed by atoms with Crippen LogP contribution < -0.4 is 10.2 Å². The molecule has 4 aromatic rings. The maximum absolute atomic E-state index is 14.3. The average Bonchev–Trinajstić information content (AvgIpc) is 3.40. The van der Waals surface area contributed by atoms with Crippen LogP contribution in [0.1, 0.15) is 55.3 Å². The van der Waals surface area contributed by atoms with Crippen LogP contribution in [-0.2, 0) is 6.42 Å². The second kappa shape index (κ2) is 10.0. The fourth-order valence-corrected chi connectivity index (χ4v) is 4.97. The van der Waals surface area contributed by atoms with Gasteiger partial charge in [-0.25, -0.2) is 24.5 Å². The van der Waals surface area contributed by atoms with Crippen LogP contribution >= 0.6 is 31.9 Å². The molecule has 0 aliphatic heterocycles. The molecule has 1 aliphatic rings. The van der Waals surface area contributed by atoms with Gasteiger partial charge in [0.15, 0.2) is 11.6 Å². The monoisotopic (exact) mass is 605 g/mol. The second-order valence-corrected chi connectivity index (χ2v) is 10.00. The average molecular weight is 607 g/mol. The normalized spacial score (nSPS) is 14.5. The lowest BCUT2D eigenvalue weighted by molar-refractivity contribution is 0.224. The van der Waals surface area contributed by atoms with Gasteiger partial charge in [0.2, 0.25) is 0 Å². The topological polar surface area (TPSA) is 103 Å². The highest BCUT2D eigenvalue weighted by Crippen LogP contribution is 2.35. The van der Waals surface area contributed by atoms with E-state index in [9.17, 15) is 9.60 Å². The van der Waals surface area contributed by atoms with E-state index in [1.54, 1.807) is 23.7 Å². The zero-order chi connectivity index (χ0) is 24.5. The van der Waals surface area contributed by atoms with E-state index in [4.69, 9.17) is 4.74 Å². The third kappa shape index (κ3) is 4.82. The molecule has 1 unspecified atom stereocenters. The minimum absolute atomic E-state index is 0.146. The SMILES string of the molecule is CC(Oc1cc(Br)cnc1NO)c1cc(F)ccc1-n1ncnc1Cc1cnn(C2CCC2)c1Br. The lowest BCUT2D eigenvalue weighted by Crippen LogP contribution is -2.18. The summed E-state index contributed by atoms with van der Waals surface area (Å²) in [5.74, 6) is 0.725. The van der Waals surface area contributed by atoms with E-state index in [2.05, 4.69) is 52.0 Å². The van der Waals surface area contributed by atoms with Crippen molar-refractivity contribution in [1.29, 1.82) is 0 Å². The van der Waals surface area contributed by atoms with E-state index in [1.807, 2.05) is 16.4 Å². The molecule has 1 aliphatic carbocycles. The molecule has 0 spiro atoms. The molecule has 0 bridgehead atoms. The number of pyridine rings is 1. The van der Waals surface area contributed by atoms with Crippen LogP contribution in [0.4, 0.5) is 10.2 Å². The third-order valence-electron chi connectivity index (χ3n) is 6.08. The highest BCUT2D eigenvalue weighted by Gasteiger charge is 2.25. The molecule has 0 radical (unpaired) electrons. The van der Waals surface area contributed by atoms with Crippen LogP contribution in [0, 0.1) is 5.82 Å². The Balaban J connectivity index is 1.46. The summed E-state index contributed by atoms with van der Waals surface area (Å²) >= 11 is 7.04. The van der Waals surface area contributed by atoms with Crippen molar-refractivity contribution in [2.75, 3.05) is 5.48 Å². The van der Waals surface area contributed by atoms with Gasteiger partial charge in [0.25, 0.3) is 0 Å². The molecule has 12 heteroatoms. The molecule has 182 valence electrons. The molecule has 5 rings (SSSR count). The van der Waals surface area contributed by atoms with E-state index in [1.165, 1.54) is 31.1 Å². The lowest BCUT2D eigenvalue weighted by Gasteiger charge is -2.26. The Morgan fingerprint density at radius 3 is 2.77 bits per heavy atom. The molecule has 0 saturated heterocycles. The van der Waals surface area contributed by atoms with Gasteiger partial charge in [-0.1, -0.05) is 0 Å². The molecule has 1 atom stereocenters. The fourth-order valence-electron chi connectivity index (χ4n) is 4.04. The number of aromatic nitrogens is 6. The quantitative estimate of drug-likeness (QED) is 0.245. The number of anilines is 1. The number of nitrogens with one attached hydrogen (secondary N) is 1. The number of hydrogen-bond acceptors (Lipinski definition) is 7. The fraction of sp³-hybridized carbons (Fsp3) is 0.304. The van der Waals surface area contributed by atoms with Crippen LogP contribution in [0.15, 0.2) is 52.1 Å². The van der Waals surface area contributed by atoms with E-state index >= 15 is 0 Å². The highest BCUT2D eigenvalue weighted by atomic mass is 79.9. The Bertz CT molecular complexity index is 1360. The predicted octanol–water partition coefficient (Wildman–Crippen LogP) is 5.78. The lowest BCUT2D eigenvalue weighted by atomic mass is 9.93. The summed E-state index contributed by atoms with van der Waals surface area (Å²) < 4.78 is 25.7. The summed E-state index contributed by atoms with van der Waals surface area (Å²) in [7, 11) is 0. The van der Waals surface area contributed by atoms with Gasteiger partial charge in [-0.2, -0.15) is 10.2 Å². The summed E-state index contributed by atoms with van der Waals surface area (Å²) in [6, 6.07) is 6.54. The minimum atomic E-state index is -0.603. The first-order valence-corrected chi connectivity index (χ1v) is 12.7. The maximum Gasteiger partial charge on any atom is 0.192 e. The largest absolute Gasteiger partial charge is 0.482 e. The molecular weight excluding hydrogens is 585 g/mol. The van der Waals surface area contributed by atoms with Crippen molar-refractivity contribution in [3.63, 3.8) is 0 Å².